The van der Waals surface area contributed by atoms with E-state index in [2.05, 4.69) is 29.3 Å². The molecule has 1 aromatic carbocycles. The topological polar surface area (TPSA) is 68.0 Å². The monoisotopic (exact) mass is 303 g/mol. The first-order valence-electron chi connectivity index (χ1n) is 7.08. The number of aliphatic carboxylic acids is 1. The quantitative estimate of drug-likeness (QED) is 0.831. The van der Waals surface area contributed by atoms with Crippen LogP contribution in [0.1, 0.15) is 37.1 Å². The first kappa shape index (κ1) is 14.1. The number of carbonyl (C=O) groups is 1. The standard InChI is InChI=1S/C15H17N3O2S/c1-2-10-4-3-5-12(8-10)18-14(11-6-7-11)16-17-15(18)21-9-13(19)20/h3-5,8,11H,2,6-7,9H2,1H3,(H,19,20). The molecule has 1 heterocycles. The van der Waals surface area contributed by atoms with Gasteiger partial charge in [0.1, 0.15) is 5.82 Å². The third kappa shape index (κ3) is 3.10. The minimum Gasteiger partial charge on any atom is -0.481 e. The van der Waals surface area contributed by atoms with E-state index in [0.29, 0.717) is 11.1 Å². The molecule has 1 N–H and O–H groups in total. The van der Waals surface area contributed by atoms with E-state index in [0.717, 1.165) is 30.8 Å². The Morgan fingerprint density at radius 3 is 2.90 bits per heavy atom. The maximum Gasteiger partial charge on any atom is 0.313 e. The van der Waals surface area contributed by atoms with E-state index < -0.39 is 5.97 Å². The molecule has 21 heavy (non-hydrogen) atoms. The van der Waals surface area contributed by atoms with Gasteiger partial charge in [0, 0.05) is 11.6 Å². The van der Waals surface area contributed by atoms with Crippen molar-refractivity contribution in [1.29, 1.82) is 0 Å². The lowest BCUT2D eigenvalue weighted by Crippen LogP contribution is -2.04. The average Bonchev–Trinajstić information content (AvgIpc) is 3.25. The zero-order chi connectivity index (χ0) is 14.8. The molecule has 1 fully saturated rings. The first-order valence-corrected chi connectivity index (χ1v) is 8.06. The summed E-state index contributed by atoms with van der Waals surface area (Å²) in [6.45, 7) is 2.12. The van der Waals surface area contributed by atoms with Crippen molar-refractivity contribution in [2.24, 2.45) is 0 Å². The number of carboxylic acid groups (broad SMARTS) is 1. The molecule has 0 bridgehead atoms. The summed E-state index contributed by atoms with van der Waals surface area (Å²) in [7, 11) is 0. The zero-order valence-corrected chi connectivity index (χ0v) is 12.6. The maximum absolute atomic E-state index is 10.8. The molecule has 0 amide bonds. The van der Waals surface area contributed by atoms with Gasteiger partial charge < -0.3 is 5.11 Å². The number of hydrogen-bond acceptors (Lipinski definition) is 4. The summed E-state index contributed by atoms with van der Waals surface area (Å²) < 4.78 is 2.02. The molecule has 0 unspecified atom stereocenters. The molecular weight excluding hydrogens is 286 g/mol. The maximum atomic E-state index is 10.8. The van der Waals surface area contributed by atoms with E-state index in [9.17, 15) is 4.79 Å². The molecule has 0 atom stereocenters. The van der Waals surface area contributed by atoms with Crippen molar-refractivity contribution < 1.29 is 9.90 Å². The lowest BCUT2D eigenvalue weighted by Gasteiger charge is -2.10. The molecule has 0 aliphatic heterocycles. The molecule has 1 aliphatic carbocycles. The third-order valence-corrected chi connectivity index (χ3v) is 4.42. The lowest BCUT2D eigenvalue weighted by molar-refractivity contribution is -0.133. The van der Waals surface area contributed by atoms with Gasteiger partial charge in [-0.1, -0.05) is 30.8 Å². The van der Waals surface area contributed by atoms with E-state index in [1.165, 1.54) is 17.3 Å². The van der Waals surface area contributed by atoms with E-state index in [4.69, 9.17) is 5.11 Å². The second-order valence-corrected chi connectivity index (χ2v) is 6.10. The van der Waals surface area contributed by atoms with Gasteiger partial charge in [0.25, 0.3) is 0 Å². The highest BCUT2D eigenvalue weighted by molar-refractivity contribution is 7.99. The van der Waals surface area contributed by atoms with Crippen LogP contribution in [0.4, 0.5) is 0 Å². The fourth-order valence-corrected chi connectivity index (χ4v) is 2.94. The zero-order valence-electron chi connectivity index (χ0n) is 11.8. The molecule has 0 radical (unpaired) electrons. The molecule has 0 saturated heterocycles. The molecule has 2 aromatic rings. The summed E-state index contributed by atoms with van der Waals surface area (Å²) in [6.07, 6.45) is 3.23. The number of aryl methyl sites for hydroxylation is 1. The molecule has 5 nitrogen and oxygen atoms in total. The molecule has 0 spiro atoms. The minimum atomic E-state index is -0.843. The molecule has 1 aromatic heterocycles. The summed E-state index contributed by atoms with van der Waals surface area (Å²) >= 11 is 1.22. The van der Waals surface area contributed by atoms with Gasteiger partial charge in [0.05, 0.1) is 5.75 Å². The van der Waals surface area contributed by atoms with Crippen LogP contribution in [0.5, 0.6) is 0 Å². The van der Waals surface area contributed by atoms with Crippen molar-refractivity contribution in [1.82, 2.24) is 14.8 Å². The Balaban J connectivity index is 2.00. The van der Waals surface area contributed by atoms with Crippen molar-refractivity contribution >= 4 is 17.7 Å². The third-order valence-electron chi connectivity index (χ3n) is 3.50. The molecule has 6 heteroatoms. The molecule has 1 saturated carbocycles. The van der Waals surface area contributed by atoms with E-state index >= 15 is 0 Å². The van der Waals surface area contributed by atoms with Gasteiger partial charge in [0.2, 0.25) is 0 Å². The van der Waals surface area contributed by atoms with Gasteiger partial charge >= 0.3 is 5.97 Å². The second-order valence-electron chi connectivity index (χ2n) is 5.16. The van der Waals surface area contributed by atoms with Crippen LogP contribution in [0.3, 0.4) is 0 Å². The predicted molar refractivity (Wildman–Crippen MR) is 81.1 cm³/mol. The van der Waals surface area contributed by atoms with Crippen molar-refractivity contribution in [3.05, 3.63) is 35.7 Å². The number of aromatic nitrogens is 3. The van der Waals surface area contributed by atoms with Gasteiger partial charge in [0.15, 0.2) is 5.16 Å². The minimum absolute atomic E-state index is 0.00370. The van der Waals surface area contributed by atoms with Crippen LogP contribution in [0.25, 0.3) is 5.69 Å². The summed E-state index contributed by atoms with van der Waals surface area (Å²) in [5, 5.41) is 18.0. The highest BCUT2D eigenvalue weighted by Crippen LogP contribution is 2.41. The number of rotatable bonds is 6. The Kier molecular flexibility index (Phi) is 3.96. The van der Waals surface area contributed by atoms with Gasteiger partial charge in [-0.15, -0.1) is 10.2 Å². The van der Waals surface area contributed by atoms with Gasteiger partial charge in [-0.25, -0.2) is 0 Å². The number of nitrogens with zero attached hydrogens (tertiary/aromatic N) is 3. The van der Waals surface area contributed by atoms with Crippen LogP contribution >= 0.6 is 11.8 Å². The van der Waals surface area contributed by atoms with Crippen LogP contribution in [0.15, 0.2) is 29.4 Å². The van der Waals surface area contributed by atoms with Crippen LogP contribution in [0, 0.1) is 0 Å². The number of benzene rings is 1. The first-order chi connectivity index (χ1) is 10.2. The Morgan fingerprint density at radius 2 is 2.24 bits per heavy atom. The van der Waals surface area contributed by atoms with Crippen molar-refractivity contribution in [2.45, 2.75) is 37.3 Å². The van der Waals surface area contributed by atoms with E-state index in [1.54, 1.807) is 0 Å². The van der Waals surface area contributed by atoms with Crippen LogP contribution in [0.2, 0.25) is 0 Å². The number of thioether (sulfide) groups is 1. The van der Waals surface area contributed by atoms with Gasteiger partial charge in [-0.05, 0) is 37.0 Å². The van der Waals surface area contributed by atoms with Crippen LogP contribution in [-0.2, 0) is 11.2 Å². The average molecular weight is 303 g/mol. The Morgan fingerprint density at radius 1 is 1.43 bits per heavy atom. The SMILES string of the molecule is CCc1cccc(-n2c(SCC(=O)O)nnc2C2CC2)c1. The Hall–Kier alpha value is -1.82. The van der Waals surface area contributed by atoms with Crippen molar-refractivity contribution in [3.8, 4) is 5.69 Å². The molecule has 3 rings (SSSR count). The highest BCUT2D eigenvalue weighted by Gasteiger charge is 2.31. The lowest BCUT2D eigenvalue weighted by atomic mass is 10.1. The molecule has 110 valence electrons. The summed E-state index contributed by atoms with van der Waals surface area (Å²) in [6, 6.07) is 8.27. The normalized spacial score (nSPS) is 14.3. The highest BCUT2D eigenvalue weighted by atomic mass is 32.2. The van der Waals surface area contributed by atoms with E-state index in [1.807, 2.05) is 16.7 Å². The van der Waals surface area contributed by atoms with Crippen LogP contribution in [-0.4, -0.2) is 31.6 Å². The predicted octanol–water partition coefficient (Wildman–Crippen LogP) is 2.88. The number of carboxylic acids is 1. The van der Waals surface area contributed by atoms with Crippen molar-refractivity contribution in [3.63, 3.8) is 0 Å². The Bertz CT molecular complexity index is 665. The molecular formula is C15H17N3O2S. The largest absolute Gasteiger partial charge is 0.481 e. The van der Waals surface area contributed by atoms with Gasteiger partial charge in [-0.2, -0.15) is 0 Å². The fraction of sp³-hybridized carbons (Fsp3) is 0.400. The second kappa shape index (κ2) is 5.89. The molecule has 1 aliphatic rings. The Labute approximate surface area is 127 Å². The smallest absolute Gasteiger partial charge is 0.313 e. The van der Waals surface area contributed by atoms with Crippen molar-refractivity contribution in [2.75, 3.05) is 5.75 Å². The van der Waals surface area contributed by atoms with Gasteiger partial charge in [-0.3, -0.25) is 9.36 Å². The summed E-state index contributed by atoms with van der Waals surface area (Å²) in [4.78, 5) is 10.8. The number of hydrogen-bond donors (Lipinski definition) is 1. The van der Waals surface area contributed by atoms with E-state index in [-0.39, 0.29) is 5.75 Å². The summed E-state index contributed by atoms with van der Waals surface area (Å²) in [5.74, 6) is 0.568. The van der Waals surface area contributed by atoms with Crippen LogP contribution < -0.4 is 0 Å². The summed E-state index contributed by atoms with van der Waals surface area (Å²) in [5.41, 5.74) is 2.27. The fourth-order valence-electron chi connectivity index (χ4n) is 2.27.